The normalized spacial score (nSPS) is 16.3. The van der Waals surface area contributed by atoms with Crippen molar-refractivity contribution in [3.05, 3.63) is 59.7 Å². The van der Waals surface area contributed by atoms with Gasteiger partial charge in [-0.05, 0) is 29.7 Å². The molecule has 0 aliphatic carbocycles. The van der Waals surface area contributed by atoms with Crippen molar-refractivity contribution in [3.63, 3.8) is 0 Å². The number of hydrogen-bond donors (Lipinski definition) is 3. The van der Waals surface area contributed by atoms with Crippen LogP contribution in [0.3, 0.4) is 0 Å². The number of carboxylic acids is 1. The van der Waals surface area contributed by atoms with Crippen LogP contribution in [0.1, 0.15) is 17.5 Å². The number of amides is 1. The summed E-state index contributed by atoms with van der Waals surface area (Å²) in [6.07, 6.45) is -1.29. The number of rotatable bonds is 7. The molecular weight excluding hydrogens is 364 g/mol. The zero-order chi connectivity index (χ0) is 20.1. The predicted octanol–water partition coefficient (Wildman–Crippen LogP) is 1.47. The highest BCUT2D eigenvalue weighted by Crippen LogP contribution is 2.31. The van der Waals surface area contributed by atoms with E-state index in [1.165, 1.54) is 0 Å². The summed E-state index contributed by atoms with van der Waals surface area (Å²) in [4.78, 5) is 34.9. The van der Waals surface area contributed by atoms with Crippen molar-refractivity contribution in [1.29, 1.82) is 0 Å². The molecule has 2 atom stereocenters. The highest BCUT2D eigenvalue weighted by Gasteiger charge is 2.30. The lowest BCUT2D eigenvalue weighted by Crippen LogP contribution is -2.38. The molecular formula is C20H20N2O6. The second-order valence-corrected chi connectivity index (χ2v) is 6.43. The van der Waals surface area contributed by atoms with Crippen molar-refractivity contribution < 1.29 is 29.0 Å². The number of fused-ring (bicyclic) bond motifs is 1. The van der Waals surface area contributed by atoms with E-state index in [0.717, 1.165) is 5.56 Å². The van der Waals surface area contributed by atoms with E-state index in [9.17, 15) is 14.4 Å². The topological polar surface area (TPSA) is 128 Å². The van der Waals surface area contributed by atoms with Gasteiger partial charge in [-0.15, -0.1) is 0 Å². The number of nitrogens with one attached hydrogen (secondary N) is 1. The van der Waals surface area contributed by atoms with Crippen molar-refractivity contribution >= 4 is 23.5 Å². The SMILES string of the molecule is N[C@@H](Cc1ccc2c(c1)NC(=O)C(CC(=O)O)O2)C(=O)OCc1ccccc1. The first-order valence-electron chi connectivity index (χ1n) is 8.71. The minimum atomic E-state index is -1.12. The van der Waals surface area contributed by atoms with Crippen molar-refractivity contribution in [1.82, 2.24) is 0 Å². The van der Waals surface area contributed by atoms with Crippen molar-refractivity contribution in [2.75, 3.05) is 5.32 Å². The maximum atomic E-state index is 12.1. The first-order chi connectivity index (χ1) is 13.4. The summed E-state index contributed by atoms with van der Waals surface area (Å²) in [5.41, 5.74) is 7.93. The highest BCUT2D eigenvalue weighted by atomic mass is 16.5. The van der Waals surface area contributed by atoms with Gasteiger partial charge in [0.25, 0.3) is 5.91 Å². The molecule has 0 spiro atoms. The number of ether oxygens (including phenoxy) is 2. The number of benzene rings is 2. The average Bonchev–Trinajstić information content (AvgIpc) is 2.67. The van der Waals surface area contributed by atoms with E-state index >= 15 is 0 Å². The summed E-state index contributed by atoms with van der Waals surface area (Å²) in [5, 5.41) is 11.4. The Labute approximate surface area is 161 Å². The lowest BCUT2D eigenvalue weighted by atomic mass is 10.0. The van der Waals surface area contributed by atoms with Gasteiger partial charge in [0.1, 0.15) is 18.4 Å². The number of carbonyl (C=O) groups excluding carboxylic acids is 2. The van der Waals surface area contributed by atoms with Gasteiger partial charge in [-0.3, -0.25) is 14.4 Å². The summed E-state index contributed by atoms with van der Waals surface area (Å²) in [7, 11) is 0. The molecule has 0 fully saturated rings. The fourth-order valence-corrected chi connectivity index (χ4v) is 2.79. The number of nitrogens with two attached hydrogens (primary N) is 1. The van der Waals surface area contributed by atoms with Gasteiger partial charge >= 0.3 is 11.9 Å². The fraction of sp³-hybridized carbons (Fsp3) is 0.250. The first-order valence-corrected chi connectivity index (χ1v) is 8.71. The Hall–Kier alpha value is -3.39. The third-order valence-electron chi connectivity index (χ3n) is 4.21. The molecule has 146 valence electrons. The van der Waals surface area contributed by atoms with Crippen molar-refractivity contribution in [3.8, 4) is 5.75 Å². The Morgan fingerprint density at radius 1 is 1.18 bits per heavy atom. The van der Waals surface area contributed by atoms with E-state index in [2.05, 4.69) is 5.32 Å². The quantitative estimate of drug-likeness (QED) is 0.617. The van der Waals surface area contributed by atoms with E-state index in [4.69, 9.17) is 20.3 Å². The molecule has 1 aliphatic heterocycles. The van der Waals surface area contributed by atoms with Crippen LogP contribution in [0, 0.1) is 0 Å². The Morgan fingerprint density at radius 2 is 1.93 bits per heavy atom. The number of esters is 1. The number of aliphatic carboxylic acids is 1. The molecule has 1 amide bonds. The Balaban J connectivity index is 1.59. The van der Waals surface area contributed by atoms with Crippen molar-refractivity contribution in [2.45, 2.75) is 31.6 Å². The molecule has 1 aliphatic rings. The van der Waals surface area contributed by atoms with E-state index in [-0.39, 0.29) is 13.0 Å². The minimum absolute atomic E-state index is 0.145. The van der Waals surface area contributed by atoms with Gasteiger partial charge in [0.05, 0.1) is 12.1 Å². The molecule has 4 N–H and O–H groups in total. The monoisotopic (exact) mass is 384 g/mol. The van der Waals surface area contributed by atoms with E-state index < -0.39 is 36.4 Å². The van der Waals surface area contributed by atoms with Crippen LogP contribution in [0.2, 0.25) is 0 Å². The molecule has 8 heteroatoms. The second-order valence-electron chi connectivity index (χ2n) is 6.43. The van der Waals surface area contributed by atoms with Gasteiger partial charge in [-0.1, -0.05) is 36.4 Å². The molecule has 2 aromatic rings. The molecule has 8 nitrogen and oxygen atoms in total. The smallest absolute Gasteiger partial charge is 0.323 e. The number of anilines is 1. The molecule has 0 aromatic heterocycles. The van der Waals surface area contributed by atoms with Gasteiger partial charge in [0.15, 0.2) is 6.10 Å². The van der Waals surface area contributed by atoms with Gasteiger partial charge < -0.3 is 25.6 Å². The molecule has 28 heavy (non-hydrogen) atoms. The second kappa shape index (κ2) is 8.53. The highest BCUT2D eigenvalue weighted by molar-refractivity contribution is 5.99. The van der Waals surface area contributed by atoms with Crippen LogP contribution in [-0.2, 0) is 32.1 Å². The predicted molar refractivity (Wildman–Crippen MR) is 99.7 cm³/mol. The van der Waals surface area contributed by atoms with Crippen molar-refractivity contribution in [2.24, 2.45) is 5.73 Å². The molecule has 0 bridgehead atoms. The summed E-state index contributed by atoms with van der Waals surface area (Å²) in [6.45, 7) is 0.145. The molecule has 1 heterocycles. The van der Waals surface area contributed by atoms with Crippen LogP contribution in [-0.4, -0.2) is 35.1 Å². The van der Waals surface area contributed by atoms with Crippen LogP contribution < -0.4 is 15.8 Å². The molecule has 0 saturated heterocycles. The van der Waals surface area contributed by atoms with Crippen LogP contribution >= 0.6 is 0 Å². The zero-order valence-electron chi connectivity index (χ0n) is 15.0. The largest absolute Gasteiger partial charge is 0.481 e. The lowest BCUT2D eigenvalue weighted by Gasteiger charge is -2.25. The van der Waals surface area contributed by atoms with Gasteiger partial charge in [-0.2, -0.15) is 0 Å². The van der Waals surface area contributed by atoms with Crippen LogP contribution in [0.15, 0.2) is 48.5 Å². The Kier molecular flexibility index (Phi) is 5.90. The maximum Gasteiger partial charge on any atom is 0.323 e. The van der Waals surface area contributed by atoms with Gasteiger partial charge in [0.2, 0.25) is 0 Å². The molecule has 2 aromatic carbocycles. The first kappa shape index (κ1) is 19.4. The third kappa shape index (κ3) is 4.86. The fourth-order valence-electron chi connectivity index (χ4n) is 2.79. The summed E-state index contributed by atoms with van der Waals surface area (Å²) in [5.74, 6) is -1.81. The standard InChI is InChI=1S/C20H20N2O6/c21-14(20(26)27-11-12-4-2-1-3-5-12)8-13-6-7-16-15(9-13)22-19(25)17(28-16)10-18(23)24/h1-7,9,14,17H,8,10-11,21H2,(H,22,25)(H,23,24)/t14-,17?/m0/s1. The van der Waals surface area contributed by atoms with E-state index in [0.29, 0.717) is 17.0 Å². The molecule has 0 saturated carbocycles. The zero-order valence-corrected chi connectivity index (χ0v) is 15.0. The number of carboxylic acid groups (broad SMARTS) is 1. The van der Waals surface area contributed by atoms with Crippen LogP contribution in [0.4, 0.5) is 5.69 Å². The lowest BCUT2D eigenvalue weighted by molar-refractivity contribution is -0.146. The van der Waals surface area contributed by atoms with E-state index in [1.54, 1.807) is 18.2 Å². The van der Waals surface area contributed by atoms with Crippen LogP contribution in [0.25, 0.3) is 0 Å². The number of hydrogen-bond acceptors (Lipinski definition) is 6. The Bertz CT molecular complexity index is 884. The minimum Gasteiger partial charge on any atom is -0.481 e. The summed E-state index contributed by atoms with van der Waals surface area (Å²) in [6, 6.07) is 13.4. The average molecular weight is 384 g/mol. The summed E-state index contributed by atoms with van der Waals surface area (Å²) < 4.78 is 10.7. The third-order valence-corrected chi connectivity index (χ3v) is 4.21. The van der Waals surface area contributed by atoms with E-state index in [1.807, 2.05) is 30.3 Å². The molecule has 3 rings (SSSR count). The molecule has 0 radical (unpaired) electrons. The maximum absolute atomic E-state index is 12.1. The van der Waals surface area contributed by atoms with Gasteiger partial charge in [0, 0.05) is 0 Å². The van der Waals surface area contributed by atoms with Gasteiger partial charge in [-0.25, -0.2) is 0 Å². The Morgan fingerprint density at radius 3 is 2.64 bits per heavy atom. The molecule has 1 unspecified atom stereocenters. The van der Waals surface area contributed by atoms with Crippen LogP contribution in [0.5, 0.6) is 5.75 Å². The number of carbonyl (C=O) groups is 3. The summed E-state index contributed by atoms with van der Waals surface area (Å²) >= 11 is 0.